The average Bonchev–Trinajstić information content (AvgIpc) is 2.49. The molecule has 1 saturated heterocycles. The predicted octanol–water partition coefficient (Wildman–Crippen LogP) is 2.70. The number of anilines is 1. The van der Waals surface area contributed by atoms with Crippen LogP contribution in [0.2, 0.25) is 10.0 Å². The molecule has 0 spiro atoms. The van der Waals surface area contributed by atoms with Gasteiger partial charge in [0.05, 0.1) is 10.7 Å². The number of rotatable bonds is 4. The number of likely N-dealkylation sites (N-methyl/N-ethyl adjacent to an activating group) is 1. The molecule has 0 saturated carbocycles. The Morgan fingerprint density at radius 3 is 2.55 bits per heavy atom. The van der Waals surface area contributed by atoms with Crippen molar-refractivity contribution < 1.29 is 4.79 Å². The number of carbonyl (C=O) groups is 1. The second kappa shape index (κ2) is 8.02. The van der Waals surface area contributed by atoms with E-state index in [-0.39, 0.29) is 6.03 Å². The Kier molecular flexibility index (Phi) is 6.32. The van der Waals surface area contributed by atoms with E-state index in [1.54, 1.807) is 18.2 Å². The molecule has 122 valence electrons. The predicted molar refractivity (Wildman–Crippen MR) is 92.0 cm³/mol. The van der Waals surface area contributed by atoms with Gasteiger partial charge in [-0.25, -0.2) is 4.79 Å². The van der Waals surface area contributed by atoms with E-state index >= 15 is 0 Å². The summed E-state index contributed by atoms with van der Waals surface area (Å²) in [6, 6.07) is 4.91. The van der Waals surface area contributed by atoms with Crippen molar-refractivity contribution >= 4 is 34.9 Å². The van der Waals surface area contributed by atoms with Crippen molar-refractivity contribution in [1.29, 1.82) is 0 Å². The lowest BCUT2D eigenvalue weighted by molar-refractivity contribution is 0.140. The Balaban J connectivity index is 1.83. The smallest absolute Gasteiger partial charge is 0.321 e. The van der Waals surface area contributed by atoms with E-state index in [2.05, 4.69) is 29.2 Å². The van der Waals surface area contributed by atoms with Gasteiger partial charge in [-0.3, -0.25) is 4.90 Å². The highest BCUT2D eigenvalue weighted by molar-refractivity contribution is 6.35. The van der Waals surface area contributed by atoms with Crippen molar-refractivity contribution in [2.24, 2.45) is 0 Å². The number of carbonyl (C=O) groups excluding carboxylic acids is 1. The Labute approximate surface area is 141 Å². The maximum Gasteiger partial charge on any atom is 0.321 e. The fraction of sp³-hybridized carbons (Fsp3) is 0.533. The van der Waals surface area contributed by atoms with Crippen LogP contribution in [0, 0.1) is 0 Å². The molecule has 2 amide bonds. The summed E-state index contributed by atoms with van der Waals surface area (Å²) in [6.07, 6.45) is 0. The average molecular weight is 345 g/mol. The minimum Gasteiger partial charge on any atom is -0.322 e. The van der Waals surface area contributed by atoms with Gasteiger partial charge >= 0.3 is 6.03 Å². The van der Waals surface area contributed by atoms with E-state index in [1.807, 2.05) is 4.90 Å². The van der Waals surface area contributed by atoms with Crippen molar-refractivity contribution in [1.82, 2.24) is 14.7 Å². The summed E-state index contributed by atoms with van der Waals surface area (Å²) in [7, 11) is 4.14. The standard InChI is InChI=1S/C15H22Cl2N4O/c1-19(2)5-6-20-7-9-21(10-8-20)15(22)18-14-11-12(16)3-4-13(14)17/h3-4,11H,5-10H2,1-2H3,(H,18,22). The normalized spacial score (nSPS) is 16.1. The number of piperazine rings is 1. The molecule has 1 heterocycles. The largest absolute Gasteiger partial charge is 0.322 e. The lowest BCUT2D eigenvalue weighted by atomic mass is 10.3. The molecule has 1 aromatic rings. The number of nitrogens with zero attached hydrogens (tertiary/aromatic N) is 3. The van der Waals surface area contributed by atoms with Crippen LogP contribution in [0.4, 0.5) is 10.5 Å². The van der Waals surface area contributed by atoms with Crippen LogP contribution < -0.4 is 5.32 Å². The molecule has 1 fully saturated rings. The Morgan fingerprint density at radius 1 is 1.23 bits per heavy atom. The summed E-state index contributed by atoms with van der Waals surface area (Å²) >= 11 is 12.0. The van der Waals surface area contributed by atoms with Crippen LogP contribution in [-0.2, 0) is 0 Å². The van der Waals surface area contributed by atoms with E-state index in [0.717, 1.165) is 39.3 Å². The van der Waals surface area contributed by atoms with Crippen molar-refractivity contribution in [3.63, 3.8) is 0 Å². The summed E-state index contributed by atoms with van der Waals surface area (Å²) in [5, 5.41) is 3.87. The van der Waals surface area contributed by atoms with E-state index in [4.69, 9.17) is 23.2 Å². The zero-order chi connectivity index (χ0) is 16.1. The molecule has 7 heteroatoms. The first kappa shape index (κ1) is 17.3. The van der Waals surface area contributed by atoms with Crippen LogP contribution in [0.15, 0.2) is 18.2 Å². The van der Waals surface area contributed by atoms with Crippen molar-refractivity contribution in [2.75, 3.05) is 58.7 Å². The van der Waals surface area contributed by atoms with Crippen molar-refractivity contribution in [3.05, 3.63) is 28.2 Å². The molecule has 0 unspecified atom stereocenters. The molecule has 0 aromatic heterocycles. The zero-order valence-corrected chi connectivity index (χ0v) is 14.5. The first-order chi connectivity index (χ1) is 10.5. The summed E-state index contributed by atoms with van der Waals surface area (Å²) in [4.78, 5) is 18.6. The maximum atomic E-state index is 12.3. The van der Waals surface area contributed by atoms with Crippen LogP contribution >= 0.6 is 23.2 Å². The second-order valence-corrected chi connectivity index (χ2v) is 6.53. The first-order valence-electron chi connectivity index (χ1n) is 7.34. The second-order valence-electron chi connectivity index (χ2n) is 5.69. The van der Waals surface area contributed by atoms with Crippen LogP contribution in [0.5, 0.6) is 0 Å². The monoisotopic (exact) mass is 344 g/mol. The summed E-state index contributed by atoms with van der Waals surface area (Å²) in [6.45, 7) is 5.29. The Morgan fingerprint density at radius 2 is 1.91 bits per heavy atom. The fourth-order valence-electron chi connectivity index (χ4n) is 2.30. The molecule has 1 aliphatic heterocycles. The number of hydrogen-bond acceptors (Lipinski definition) is 3. The molecule has 0 atom stereocenters. The fourth-order valence-corrected chi connectivity index (χ4v) is 2.64. The topological polar surface area (TPSA) is 38.8 Å². The molecule has 5 nitrogen and oxygen atoms in total. The highest BCUT2D eigenvalue weighted by Crippen LogP contribution is 2.25. The van der Waals surface area contributed by atoms with Gasteiger partial charge < -0.3 is 15.1 Å². The third-order valence-corrected chi connectivity index (χ3v) is 4.26. The molecule has 1 aromatic carbocycles. The van der Waals surface area contributed by atoms with Crippen LogP contribution in [0.1, 0.15) is 0 Å². The van der Waals surface area contributed by atoms with Gasteiger partial charge in [-0.15, -0.1) is 0 Å². The van der Waals surface area contributed by atoms with E-state index in [0.29, 0.717) is 15.7 Å². The van der Waals surface area contributed by atoms with E-state index < -0.39 is 0 Å². The molecular formula is C15H22Cl2N4O. The van der Waals surface area contributed by atoms with Crippen molar-refractivity contribution in [3.8, 4) is 0 Å². The van der Waals surface area contributed by atoms with Crippen LogP contribution in [0.25, 0.3) is 0 Å². The number of urea groups is 1. The third-order valence-electron chi connectivity index (χ3n) is 3.69. The molecule has 22 heavy (non-hydrogen) atoms. The highest BCUT2D eigenvalue weighted by atomic mass is 35.5. The number of benzene rings is 1. The molecular weight excluding hydrogens is 323 g/mol. The number of amides is 2. The van der Waals surface area contributed by atoms with Crippen LogP contribution in [-0.4, -0.2) is 74.1 Å². The van der Waals surface area contributed by atoms with Gasteiger partial charge in [0.25, 0.3) is 0 Å². The minimum absolute atomic E-state index is 0.128. The lowest BCUT2D eigenvalue weighted by Gasteiger charge is -2.35. The van der Waals surface area contributed by atoms with Gasteiger partial charge in [0, 0.05) is 44.3 Å². The Hall–Kier alpha value is -1.01. The van der Waals surface area contributed by atoms with Gasteiger partial charge in [-0.1, -0.05) is 23.2 Å². The third kappa shape index (κ3) is 5.02. The summed E-state index contributed by atoms with van der Waals surface area (Å²) < 4.78 is 0. The maximum absolute atomic E-state index is 12.3. The van der Waals surface area contributed by atoms with Crippen LogP contribution in [0.3, 0.4) is 0 Å². The first-order valence-corrected chi connectivity index (χ1v) is 8.09. The quantitative estimate of drug-likeness (QED) is 0.912. The highest BCUT2D eigenvalue weighted by Gasteiger charge is 2.21. The van der Waals surface area contributed by atoms with Crippen molar-refractivity contribution in [2.45, 2.75) is 0 Å². The number of hydrogen-bond donors (Lipinski definition) is 1. The van der Waals surface area contributed by atoms with E-state index in [9.17, 15) is 4.79 Å². The number of nitrogens with one attached hydrogen (secondary N) is 1. The lowest BCUT2D eigenvalue weighted by Crippen LogP contribution is -2.51. The summed E-state index contributed by atoms with van der Waals surface area (Å²) in [5.74, 6) is 0. The van der Waals surface area contributed by atoms with Gasteiger partial charge in [-0.05, 0) is 32.3 Å². The Bertz CT molecular complexity index is 516. The molecule has 1 N–H and O–H groups in total. The van der Waals surface area contributed by atoms with Gasteiger partial charge in [-0.2, -0.15) is 0 Å². The number of halogens is 2. The molecule has 2 rings (SSSR count). The van der Waals surface area contributed by atoms with Gasteiger partial charge in [0.1, 0.15) is 0 Å². The summed E-state index contributed by atoms with van der Waals surface area (Å²) in [5.41, 5.74) is 0.550. The molecule has 0 radical (unpaired) electrons. The molecule has 1 aliphatic rings. The van der Waals surface area contributed by atoms with Gasteiger partial charge in [0.15, 0.2) is 0 Å². The van der Waals surface area contributed by atoms with E-state index in [1.165, 1.54) is 0 Å². The molecule has 0 bridgehead atoms. The minimum atomic E-state index is -0.128. The molecule has 0 aliphatic carbocycles. The zero-order valence-electron chi connectivity index (χ0n) is 13.0. The van der Waals surface area contributed by atoms with Gasteiger partial charge in [0.2, 0.25) is 0 Å². The SMILES string of the molecule is CN(C)CCN1CCN(C(=O)Nc2cc(Cl)ccc2Cl)CC1.